The Bertz CT molecular complexity index is 977. The Morgan fingerprint density at radius 3 is 2.18 bits per heavy atom. The minimum absolute atomic E-state index is 0.347. The number of nitrogens with one attached hydrogen (secondary N) is 1. The highest BCUT2D eigenvalue weighted by molar-refractivity contribution is 5.74. The van der Waals surface area contributed by atoms with Gasteiger partial charge < -0.3 is 5.32 Å². The van der Waals surface area contributed by atoms with Gasteiger partial charge in [-0.2, -0.15) is 0 Å². The van der Waals surface area contributed by atoms with Gasteiger partial charge in [-0.3, -0.25) is 0 Å². The van der Waals surface area contributed by atoms with E-state index in [1.54, 1.807) is 0 Å². The van der Waals surface area contributed by atoms with E-state index in [0.29, 0.717) is 49.6 Å². The van der Waals surface area contributed by atoms with Gasteiger partial charge in [0.25, 0.3) is 0 Å². The predicted molar refractivity (Wildman–Crippen MR) is 134 cm³/mol. The summed E-state index contributed by atoms with van der Waals surface area (Å²) in [4.78, 5) is 0. The fourth-order valence-corrected chi connectivity index (χ4v) is 6.07. The van der Waals surface area contributed by atoms with Gasteiger partial charge in [0.15, 0.2) is 0 Å². The summed E-state index contributed by atoms with van der Waals surface area (Å²) >= 11 is 0. The largest absolute Gasteiger partial charge is 0.311 e. The average Bonchev–Trinajstić information content (AvgIpc) is 3.59. The van der Waals surface area contributed by atoms with E-state index in [4.69, 9.17) is 0 Å². The van der Waals surface area contributed by atoms with Crippen molar-refractivity contribution in [3.8, 4) is 11.1 Å². The second-order valence-electron chi connectivity index (χ2n) is 10.4. The molecule has 0 radical (unpaired) electrons. The van der Waals surface area contributed by atoms with Gasteiger partial charge in [0, 0.05) is 12.6 Å². The maximum Gasteiger partial charge on any atom is 0.114 e. The molecule has 0 bridgehead atoms. The van der Waals surface area contributed by atoms with Crippen molar-refractivity contribution in [1.82, 2.24) is 5.32 Å². The molecule has 0 aromatic heterocycles. The van der Waals surface area contributed by atoms with Crippen LogP contribution in [0.1, 0.15) is 62.0 Å². The summed E-state index contributed by atoms with van der Waals surface area (Å²) in [6, 6.07) is 17.9. The SMILES string of the molecule is C=C(C=C[C@H]1CC[C@@H](F)C1)c1ccc(-c2ccc(C3CCC([C@@H]4C[C@H](F)CN4)C3)cc2)cc1. The highest BCUT2D eigenvalue weighted by Gasteiger charge is 2.35. The Labute approximate surface area is 197 Å². The molecule has 3 fully saturated rings. The summed E-state index contributed by atoms with van der Waals surface area (Å²) < 4.78 is 26.9. The Hall–Kier alpha value is -2.26. The van der Waals surface area contributed by atoms with Crippen LogP contribution in [0.25, 0.3) is 16.7 Å². The molecule has 3 aliphatic rings. The van der Waals surface area contributed by atoms with Crippen molar-refractivity contribution in [1.29, 1.82) is 0 Å². The van der Waals surface area contributed by atoms with Gasteiger partial charge in [-0.1, -0.05) is 67.3 Å². The molecular weight excluding hydrogens is 412 g/mol. The van der Waals surface area contributed by atoms with Crippen LogP contribution in [-0.4, -0.2) is 24.9 Å². The average molecular weight is 448 g/mol. The van der Waals surface area contributed by atoms with E-state index < -0.39 is 12.3 Å². The standard InChI is InChI=1S/C30H35F2N/c1-20(2-3-21-4-15-28(31)16-21)22-5-7-23(8-6-22)24-9-11-25(12-10-24)26-13-14-27(17-26)30-18-29(32)19-33-30/h2-3,5-12,21,26-30,33H,1,4,13-19H2/t21-,26?,27?,28+,29-,30-/m0/s1. The van der Waals surface area contributed by atoms with Crippen LogP contribution in [0, 0.1) is 11.8 Å². The summed E-state index contributed by atoms with van der Waals surface area (Å²) in [6.07, 6.45) is 9.42. The van der Waals surface area contributed by atoms with Crippen LogP contribution in [0.5, 0.6) is 0 Å². The lowest BCUT2D eigenvalue weighted by Crippen LogP contribution is -2.28. The van der Waals surface area contributed by atoms with Crippen LogP contribution in [0.15, 0.2) is 67.3 Å². The second-order valence-corrected chi connectivity index (χ2v) is 10.4. The van der Waals surface area contributed by atoms with Crippen LogP contribution < -0.4 is 5.32 Å². The van der Waals surface area contributed by atoms with E-state index >= 15 is 0 Å². The van der Waals surface area contributed by atoms with Gasteiger partial charge in [0.2, 0.25) is 0 Å². The van der Waals surface area contributed by atoms with E-state index in [1.807, 2.05) is 0 Å². The second kappa shape index (κ2) is 9.93. The number of allylic oxidation sites excluding steroid dienone is 3. The molecule has 5 rings (SSSR count). The molecule has 2 unspecified atom stereocenters. The van der Waals surface area contributed by atoms with Crippen LogP contribution in [-0.2, 0) is 0 Å². The molecule has 1 N–H and O–H groups in total. The number of halogens is 2. The lowest BCUT2D eigenvalue weighted by atomic mass is 9.91. The Balaban J connectivity index is 1.18. The van der Waals surface area contributed by atoms with E-state index in [-0.39, 0.29) is 0 Å². The zero-order chi connectivity index (χ0) is 22.8. The highest BCUT2D eigenvalue weighted by Crippen LogP contribution is 2.42. The van der Waals surface area contributed by atoms with Crippen molar-refractivity contribution < 1.29 is 8.78 Å². The molecule has 2 aliphatic carbocycles. The maximum absolute atomic E-state index is 13.6. The van der Waals surface area contributed by atoms with E-state index in [0.717, 1.165) is 17.6 Å². The molecule has 1 heterocycles. The van der Waals surface area contributed by atoms with Crippen molar-refractivity contribution in [2.45, 2.75) is 69.2 Å². The van der Waals surface area contributed by atoms with Crippen molar-refractivity contribution in [3.63, 3.8) is 0 Å². The zero-order valence-corrected chi connectivity index (χ0v) is 19.4. The lowest BCUT2D eigenvalue weighted by Gasteiger charge is -2.18. The minimum atomic E-state index is -0.663. The van der Waals surface area contributed by atoms with Crippen molar-refractivity contribution in [2.75, 3.05) is 6.54 Å². The first kappa shape index (κ1) is 22.5. The smallest absolute Gasteiger partial charge is 0.114 e. The molecule has 0 amide bonds. The van der Waals surface area contributed by atoms with Crippen molar-refractivity contribution in [3.05, 3.63) is 78.4 Å². The fraction of sp³-hybridized carbons (Fsp3) is 0.467. The topological polar surface area (TPSA) is 12.0 Å². The minimum Gasteiger partial charge on any atom is -0.311 e. The first-order valence-electron chi connectivity index (χ1n) is 12.6. The highest BCUT2D eigenvalue weighted by atomic mass is 19.1. The summed E-state index contributed by atoms with van der Waals surface area (Å²) in [7, 11) is 0. The molecule has 33 heavy (non-hydrogen) atoms. The number of hydrogen-bond donors (Lipinski definition) is 1. The molecule has 174 valence electrons. The first-order valence-corrected chi connectivity index (χ1v) is 12.6. The normalized spacial score (nSPS) is 32.1. The Morgan fingerprint density at radius 1 is 0.818 bits per heavy atom. The molecule has 1 saturated heterocycles. The zero-order valence-electron chi connectivity index (χ0n) is 19.4. The molecule has 2 saturated carbocycles. The predicted octanol–water partition coefficient (Wildman–Crippen LogP) is 7.64. The van der Waals surface area contributed by atoms with Crippen LogP contribution >= 0.6 is 0 Å². The fourth-order valence-electron chi connectivity index (χ4n) is 6.07. The van der Waals surface area contributed by atoms with Gasteiger partial charge in [0.05, 0.1) is 0 Å². The van der Waals surface area contributed by atoms with Crippen molar-refractivity contribution >= 4 is 5.57 Å². The quantitative estimate of drug-likeness (QED) is 0.449. The number of rotatable bonds is 6. The van der Waals surface area contributed by atoms with E-state index in [2.05, 4.69) is 72.6 Å². The maximum atomic E-state index is 13.6. The monoisotopic (exact) mass is 447 g/mol. The Morgan fingerprint density at radius 2 is 1.55 bits per heavy atom. The number of alkyl halides is 2. The summed E-state index contributed by atoms with van der Waals surface area (Å²) in [5.41, 5.74) is 5.92. The van der Waals surface area contributed by atoms with Gasteiger partial charge in [0.1, 0.15) is 12.3 Å². The van der Waals surface area contributed by atoms with Crippen LogP contribution in [0.3, 0.4) is 0 Å². The lowest BCUT2D eigenvalue weighted by molar-refractivity contribution is 0.333. The van der Waals surface area contributed by atoms with Gasteiger partial charge >= 0.3 is 0 Å². The number of hydrogen-bond acceptors (Lipinski definition) is 1. The van der Waals surface area contributed by atoms with Crippen molar-refractivity contribution in [2.24, 2.45) is 11.8 Å². The summed E-state index contributed by atoms with van der Waals surface area (Å²) in [5, 5.41) is 3.39. The molecule has 2 aromatic rings. The van der Waals surface area contributed by atoms with E-state index in [9.17, 15) is 8.78 Å². The van der Waals surface area contributed by atoms with Crippen LogP contribution in [0.4, 0.5) is 8.78 Å². The summed E-state index contributed by atoms with van der Waals surface area (Å²) in [5.74, 6) is 1.55. The molecule has 3 heteroatoms. The third kappa shape index (κ3) is 5.30. The molecule has 1 nitrogen and oxygen atoms in total. The van der Waals surface area contributed by atoms with E-state index in [1.165, 1.54) is 36.0 Å². The van der Waals surface area contributed by atoms with Gasteiger partial charge in [-0.15, -0.1) is 0 Å². The first-order chi connectivity index (χ1) is 16.0. The molecular formula is C30H35F2N. The molecule has 2 aromatic carbocycles. The molecule has 1 aliphatic heterocycles. The third-order valence-electron chi connectivity index (χ3n) is 8.10. The van der Waals surface area contributed by atoms with Gasteiger partial charge in [-0.25, -0.2) is 8.78 Å². The number of benzene rings is 2. The third-order valence-corrected chi connectivity index (χ3v) is 8.10. The van der Waals surface area contributed by atoms with Crippen LogP contribution in [0.2, 0.25) is 0 Å². The Kier molecular flexibility index (Phi) is 6.78. The molecule has 0 spiro atoms. The molecule has 6 atom stereocenters. The van der Waals surface area contributed by atoms with Gasteiger partial charge in [-0.05, 0) is 90.5 Å². The summed E-state index contributed by atoms with van der Waals surface area (Å²) in [6.45, 7) is 4.73.